The molecule has 3 N–H and O–H groups in total. The zero-order valence-corrected chi connectivity index (χ0v) is 12.8. The Morgan fingerprint density at radius 1 is 1.24 bits per heavy atom. The lowest BCUT2D eigenvalue weighted by molar-refractivity contribution is -0.0289. The van der Waals surface area contributed by atoms with Crippen LogP contribution in [-0.4, -0.2) is 39.8 Å². The molecule has 1 aromatic carbocycles. The molecular formula is C15H22N2O3S. The fourth-order valence-electron chi connectivity index (χ4n) is 2.18. The minimum absolute atomic E-state index is 0.284. The van der Waals surface area contributed by atoms with Gasteiger partial charge in [0.2, 0.25) is 0 Å². The first-order valence-corrected chi connectivity index (χ1v) is 8.69. The van der Waals surface area contributed by atoms with Crippen molar-refractivity contribution in [3.05, 3.63) is 35.9 Å². The summed E-state index contributed by atoms with van der Waals surface area (Å²) in [6, 6.07) is 9.34. The van der Waals surface area contributed by atoms with E-state index in [2.05, 4.69) is 10.6 Å². The average Bonchev–Trinajstić information content (AvgIpc) is 2.44. The number of urea groups is 1. The van der Waals surface area contributed by atoms with E-state index in [1.807, 2.05) is 30.3 Å². The Bertz CT molecular complexity index is 489. The fraction of sp³-hybridized carbons (Fsp3) is 0.533. The monoisotopic (exact) mass is 310 g/mol. The summed E-state index contributed by atoms with van der Waals surface area (Å²) in [6.07, 6.45) is 2.50. The Morgan fingerprint density at radius 2 is 1.95 bits per heavy atom. The SMILES string of the molecule is O=C(NCCS(=O)Cc1ccccc1)NCC1(O)CCC1. The van der Waals surface area contributed by atoms with Crippen molar-refractivity contribution >= 4 is 16.8 Å². The zero-order valence-electron chi connectivity index (χ0n) is 12.0. The van der Waals surface area contributed by atoms with Gasteiger partial charge >= 0.3 is 6.03 Å². The number of aliphatic hydroxyl groups is 1. The molecule has 6 heteroatoms. The average molecular weight is 310 g/mol. The van der Waals surface area contributed by atoms with Crippen LogP contribution >= 0.6 is 0 Å². The molecule has 2 rings (SSSR count). The van der Waals surface area contributed by atoms with E-state index >= 15 is 0 Å². The van der Waals surface area contributed by atoms with Crippen LogP contribution in [0.1, 0.15) is 24.8 Å². The summed E-state index contributed by atoms with van der Waals surface area (Å²) >= 11 is 0. The molecule has 0 bridgehead atoms. The summed E-state index contributed by atoms with van der Waals surface area (Å²) in [4.78, 5) is 11.5. The largest absolute Gasteiger partial charge is 0.388 e. The molecule has 1 unspecified atom stereocenters. The van der Waals surface area contributed by atoms with Crippen LogP contribution in [-0.2, 0) is 16.6 Å². The van der Waals surface area contributed by atoms with Gasteiger partial charge in [-0.2, -0.15) is 0 Å². The van der Waals surface area contributed by atoms with Crippen LogP contribution < -0.4 is 10.6 Å². The van der Waals surface area contributed by atoms with Crippen LogP contribution in [0.15, 0.2) is 30.3 Å². The van der Waals surface area contributed by atoms with Gasteiger partial charge in [-0.05, 0) is 24.8 Å². The molecule has 0 aromatic heterocycles. The molecule has 1 aromatic rings. The molecule has 0 heterocycles. The third kappa shape index (κ3) is 5.47. The Kier molecular flexibility index (Phi) is 5.76. The number of carbonyl (C=O) groups is 1. The van der Waals surface area contributed by atoms with Crippen LogP contribution in [0.4, 0.5) is 4.79 Å². The van der Waals surface area contributed by atoms with Gasteiger partial charge in [0.25, 0.3) is 0 Å². The van der Waals surface area contributed by atoms with Gasteiger partial charge in [0.05, 0.1) is 5.60 Å². The maximum Gasteiger partial charge on any atom is 0.314 e. The first kappa shape index (κ1) is 16.0. The predicted molar refractivity (Wildman–Crippen MR) is 83.4 cm³/mol. The molecule has 0 aliphatic heterocycles. The second-order valence-corrected chi connectivity index (χ2v) is 7.04. The van der Waals surface area contributed by atoms with Crippen LogP contribution in [0.3, 0.4) is 0 Å². The van der Waals surface area contributed by atoms with Crippen LogP contribution in [0.25, 0.3) is 0 Å². The van der Waals surface area contributed by atoms with E-state index in [4.69, 9.17) is 0 Å². The van der Waals surface area contributed by atoms with Gasteiger partial charge in [0.15, 0.2) is 0 Å². The Balaban J connectivity index is 1.58. The number of hydrogen-bond acceptors (Lipinski definition) is 3. The van der Waals surface area contributed by atoms with E-state index in [0.717, 1.165) is 24.8 Å². The quantitative estimate of drug-likeness (QED) is 0.707. The number of rotatable bonds is 7. The van der Waals surface area contributed by atoms with Crippen molar-refractivity contribution in [2.24, 2.45) is 0 Å². The number of nitrogens with one attached hydrogen (secondary N) is 2. The van der Waals surface area contributed by atoms with Crippen LogP contribution in [0.2, 0.25) is 0 Å². The van der Waals surface area contributed by atoms with E-state index in [9.17, 15) is 14.1 Å². The van der Waals surface area contributed by atoms with E-state index in [0.29, 0.717) is 18.1 Å². The van der Waals surface area contributed by atoms with Gasteiger partial charge in [-0.15, -0.1) is 0 Å². The molecular weight excluding hydrogens is 288 g/mol. The molecule has 21 heavy (non-hydrogen) atoms. The first-order chi connectivity index (χ1) is 10.1. The van der Waals surface area contributed by atoms with E-state index in [1.54, 1.807) is 0 Å². The summed E-state index contributed by atoms with van der Waals surface area (Å²) in [7, 11) is -0.991. The lowest BCUT2D eigenvalue weighted by Crippen LogP contribution is -2.50. The molecule has 1 aliphatic rings. The molecule has 1 aliphatic carbocycles. The van der Waals surface area contributed by atoms with Gasteiger partial charge in [0.1, 0.15) is 0 Å². The van der Waals surface area contributed by atoms with Crippen molar-refractivity contribution in [2.45, 2.75) is 30.6 Å². The summed E-state index contributed by atoms with van der Waals surface area (Å²) in [5.41, 5.74) is 0.320. The van der Waals surface area contributed by atoms with Crippen molar-refractivity contribution in [2.75, 3.05) is 18.8 Å². The van der Waals surface area contributed by atoms with Crippen LogP contribution in [0, 0.1) is 0 Å². The first-order valence-electron chi connectivity index (χ1n) is 7.20. The Labute approximate surface area is 127 Å². The van der Waals surface area contributed by atoms with Crippen LogP contribution in [0.5, 0.6) is 0 Å². The van der Waals surface area contributed by atoms with Gasteiger partial charge in [-0.25, -0.2) is 4.79 Å². The Morgan fingerprint density at radius 3 is 2.57 bits per heavy atom. The summed E-state index contributed by atoms with van der Waals surface area (Å²) in [6.45, 7) is 0.648. The molecule has 116 valence electrons. The van der Waals surface area contributed by atoms with Crippen molar-refractivity contribution in [1.29, 1.82) is 0 Å². The summed E-state index contributed by atoms with van der Waals surface area (Å²) in [5, 5.41) is 15.2. The van der Waals surface area contributed by atoms with Gasteiger partial charge in [0, 0.05) is 35.4 Å². The van der Waals surface area contributed by atoms with Crippen molar-refractivity contribution in [1.82, 2.24) is 10.6 Å². The summed E-state index contributed by atoms with van der Waals surface area (Å²) < 4.78 is 11.9. The number of hydrogen-bond donors (Lipinski definition) is 3. The van der Waals surface area contributed by atoms with E-state index in [1.165, 1.54) is 0 Å². The number of benzene rings is 1. The van der Waals surface area contributed by atoms with Gasteiger partial charge < -0.3 is 15.7 Å². The third-order valence-electron chi connectivity index (χ3n) is 3.65. The predicted octanol–water partition coefficient (Wildman–Crippen LogP) is 1.15. The smallest absolute Gasteiger partial charge is 0.314 e. The second kappa shape index (κ2) is 7.56. The number of amides is 2. The van der Waals surface area contributed by atoms with Crippen molar-refractivity contribution < 1.29 is 14.1 Å². The minimum Gasteiger partial charge on any atom is -0.388 e. The molecule has 1 saturated carbocycles. The lowest BCUT2D eigenvalue weighted by Gasteiger charge is -2.36. The van der Waals surface area contributed by atoms with Crippen molar-refractivity contribution in [3.63, 3.8) is 0 Å². The molecule has 1 fully saturated rings. The Hall–Kier alpha value is -1.40. The minimum atomic E-state index is -0.991. The molecule has 0 saturated heterocycles. The molecule has 0 radical (unpaired) electrons. The zero-order chi connectivity index (χ0) is 15.1. The topological polar surface area (TPSA) is 78.4 Å². The molecule has 0 spiro atoms. The molecule has 1 atom stereocenters. The van der Waals surface area contributed by atoms with Crippen molar-refractivity contribution in [3.8, 4) is 0 Å². The van der Waals surface area contributed by atoms with Gasteiger partial charge in [-0.3, -0.25) is 4.21 Å². The fourth-order valence-corrected chi connectivity index (χ4v) is 3.22. The highest BCUT2D eigenvalue weighted by Crippen LogP contribution is 2.30. The molecule has 5 nitrogen and oxygen atoms in total. The number of carbonyl (C=O) groups excluding carboxylic acids is 1. The van der Waals surface area contributed by atoms with E-state index < -0.39 is 16.4 Å². The lowest BCUT2D eigenvalue weighted by atomic mass is 9.80. The highest BCUT2D eigenvalue weighted by Gasteiger charge is 2.34. The standard InChI is InChI=1S/C15H22N2O3S/c18-14(17-12-15(19)7-4-8-15)16-9-10-21(20)11-13-5-2-1-3-6-13/h1-3,5-6,19H,4,7-12H2,(H2,16,17,18). The highest BCUT2D eigenvalue weighted by molar-refractivity contribution is 7.84. The maximum absolute atomic E-state index is 11.9. The normalized spacial score (nSPS) is 17.6. The third-order valence-corrected chi connectivity index (χ3v) is 4.96. The highest BCUT2D eigenvalue weighted by atomic mass is 32.2. The summed E-state index contributed by atoms with van der Waals surface area (Å²) in [5.74, 6) is 0.927. The van der Waals surface area contributed by atoms with E-state index in [-0.39, 0.29) is 12.6 Å². The maximum atomic E-state index is 11.9. The molecule has 2 amide bonds. The second-order valence-electron chi connectivity index (χ2n) is 5.46. The van der Waals surface area contributed by atoms with Gasteiger partial charge in [-0.1, -0.05) is 30.3 Å².